The van der Waals surface area contributed by atoms with E-state index in [9.17, 15) is 13.2 Å². The number of sulfonamides is 1. The molecule has 0 spiro atoms. The predicted octanol–water partition coefficient (Wildman–Crippen LogP) is 2.71. The average molecular weight is 390 g/mol. The van der Waals surface area contributed by atoms with E-state index in [1.54, 1.807) is 31.2 Å². The van der Waals surface area contributed by atoms with Crippen molar-refractivity contribution in [3.8, 4) is 11.5 Å². The first-order chi connectivity index (χ1) is 12.8. The molecule has 1 aliphatic rings. The molecule has 0 unspecified atom stereocenters. The fourth-order valence-electron chi connectivity index (χ4n) is 2.67. The van der Waals surface area contributed by atoms with E-state index in [2.05, 4.69) is 10.0 Å². The lowest BCUT2D eigenvalue weighted by Gasteiger charge is -2.19. The second-order valence-electron chi connectivity index (χ2n) is 6.57. The van der Waals surface area contributed by atoms with Crippen LogP contribution in [-0.4, -0.2) is 33.6 Å². The molecule has 0 atom stereocenters. The topological polar surface area (TPSA) is 93.7 Å². The molecule has 2 aromatic rings. The Morgan fingerprint density at radius 1 is 1.04 bits per heavy atom. The maximum Gasteiger partial charge on any atom is 0.261 e. The molecule has 144 valence electrons. The molecule has 1 amide bonds. The number of benzene rings is 2. The molecule has 0 saturated carbocycles. The monoisotopic (exact) mass is 390 g/mol. The first kappa shape index (κ1) is 19.0. The highest BCUT2D eigenvalue weighted by Crippen LogP contribution is 2.33. The summed E-state index contributed by atoms with van der Waals surface area (Å²) in [4.78, 5) is 12.3. The normalized spacial score (nSPS) is 13.3. The Morgan fingerprint density at radius 3 is 2.44 bits per heavy atom. The van der Waals surface area contributed by atoms with Crippen LogP contribution in [0.3, 0.4) is 0 Å². The minimum absolute atomic E-state index is 0.0110. The van der Waals surface area contributed by atoms with Crippen LogP contribution < -0.4 is 19.5 Å². The van der Waals surface area contributed by atoms with Gasteiger partial charge >= 0.3 is 0 Å². The molecule has 1 aliphatic heterocycles. The molecule has 3 rings (SSSR count). The van der Waals surface area contributed by atoms with Crippen molar-refractivity contribution in [3.63, 3.8) is 0 Å². The lowest BCUT2D eigenvalue weighted by molar-refractivity contribution is 0.0942. The zero-order chi connectivity index (χ0) is 19.6. The largest absolute Gasteiger partial charge is 0.486 e. The van der Waals surface area contributed by atoms with Gasteiger partial charge in [0.15, 0.2) is 11.5 Å². The van der Waals surface area contributed by atoms with Gasteiger partial charge < -0.3 is 14.8 Å². The minimum Gasteiger partial charge on any atom is -0.486 e. The second-order valence-corrected chi connectivity index (χ2v) is 8.25. The summed E-state index contributed by atoms with van der Waals surface area (Å²) < 4.78 is 39.0. The number of anilines is 1. The van der Waals surface area contributed by atoms with Crippen LogP contribution in [0.2, 0.25) is 0 Å². The van der Waals surface area contributed by atoms with Crippen LogP contribution in [0.4, 0.5) is 5.69 Å². The first-order valence-electron chi connectivity index (χ1n) is 8.60. The lowest BCUT2D eigenvalue weighted by atomic mass is 10.1. The Balaban J connectivity index is 1.88. The molecule has 7 nitrogen and oxygen atoms in total. The van der Waals surface area contributed by atoms with E-state index in [0.29, 0.717) is 41.5 Å². The van der Waals surface area contributed by atoms with Gasteiger partial charge in [0.1, 0.15) is 13.2 Å². The van der Waals surface area contributed by atoms with Crippen LogP contribution in [-0.2, 0) is 10.0 Å². The number of carbonyl (C=O) groups is 1. The van der Waals surface area contributed by atoms with Gasteiger partial charge in [0.2, 0.25) is 0 Å². The van der Waals surface area contributed by atoms with Crippen LogP contribution in [0.15, 0.2) is 41.3 Å². The Morgan fingerprint density at radius 2 is 1.74 bits per heavy atom. The zero-order valence-electron chi connectivity index (χ0n) is 15.4. The number of rotatable bonds is 5. The Hall–Kier alpha value is -2.74. The predicted molar refractivity (Wildman–Crippen MR) is 102 cm³/mol. The molecular formula is C19H22N2O5S. The van der Waals surface area contributed by atoms with E-state index < -0.39 is 10.0 Å². The molecule has 0 saturated heterocycles. The van der Waals surface area contributed by atoms with Crippen LogP contribution >= 0.6 is 0 Å². The van der Waals surface area contributed by atoms with Crippen LogP contribution in [0.5, 0.6) is 11.5 Å². The molecule has 8 heteroatoms. The highest BCUT2D eigenvalue weighted by molar-refractivity contribution is 7.92. The van der Waals surface area contributed by atoms with Gasteiger partial charge in [-0.05, 0) is 50.6 Å². The third kappa shape index (κ3) is 4.33. The maximum absolute atomic E-state index is 12.8. The fourth-order valence-corrected chi connectivity index (χ4v) is 3.75. The summed E-state index contributed by atoms with van der Waals surface area (Å²) in [6.07, 6.45) is 0. The molecule has 27 heavy (non-hydrogen) atoms. The van der Waals surface area contributed by atoms with E-state index >= 15 is 0 Å². The maximum atomic E-state index is 12.8. The molecule has 0 radical (unpaired) electrons. The van der Waals surface area contributed by atoms with Crippen molar-refractivity contribution in [3.05, 3.63) is 47.5 Å². The summed E-state index contributed by atoms with van der Waals surface area (Å²) in [5, 5.41) is 2.78. The number of hydrogen-bond acceptors (Lipinski definition) is 5. The second kappa shape index (κ2) is 7.48. The van der Waals surface area contributed by atoms with Crippen molar-refractivity contribution < 1.29 is 22.7 Å². The molecular weight excluding hydrogens is 368 g/mol. The SMILES string of the molecule is Cc1ccc(S(=O)(=O)Nc2ccc3c(c2)OCCO3)cc1C(=O)NC(C)C. The third-order valence-electron chi connectivity index (χ3n) is 3.98. The standard InChI is InChI=1S/C19H22N2O5S/c1-12(2)20-19(22)16-11-15(6-4-13(16)3)27(23,24)21-14-5-7-17-18(10-14)26-9-8-25-17/h4-7,10-12,21H,8-9H2,1-3H3,(H,20,22). The summed E-state index contributed by atoms with van der Waals surface area (Å²) >= 11 is 0. The van der Waals surface area contributed by atoms with Gasteiger partial charge in [-0.2, -0.15) is 0 Å². The number of fused-ring (bicyclic) bond motifs is 1. The first-order valence-corrected chi connectivity index (χ1v) is 10.1. The van der Waals surface area contributed by atoms with Gasteiger partial charge in [-0.25, -0.2) is 8.42 Å². The Bertz CT molecular complexity index is 970. The van der Waals surface area contributed by atoms with Gasteiger partial charge in [0.05, 0.1) is 10.6 Å². The van der Waals surface area contributed by atoms with E-state index in [1.165, 1.54) is 12.1 Å². The molecule has 2 N–H and O–H groups in total. The summed E-state index contributed by atoms with van der Waals surface area (Å²) in [5.41, 5.74) is 1.38. The highest BCUT2D eigenvalue weighted by Gasteiger charge is 2.20. The number of hydrogen-bond donors (Lipinski definition) is 2. The molecule has 0 fully saturated rings. The zero-order valence-corrected chi connectivity index (χ0v) is 16.2. The molecule has 2 aromatic carbocycles. The Labute approximate surface area is 158 Å². The van der Waals surface area contributed by atoms with Crippen molar-refractivity contribution in [1.82, 2.24) is 5.32 Å². The number of aryl methyl sites for hydroxylation is 1. The van der Waals surface area contributed by atoms with Gasteiger partial charge in [0, 0.05) is 17.7 Å². The average Bonchev–Trinajstić information content (AvgIpc) is 2.60. The van der Waals surface area contributed by atoms with Crippen LogP contribution in [0.25, 0.3) is 0 Å². The van der Waals surface area contributed by atoms with Gasteiger partial charge in [-0.3, -0.25) is 9.52 Å². The summed E-state index contributed by atoms with van der Waals surface area (Å²) in [6, 6.07) is 9.26. The quantitative estimate of drug-likeness (QED) is 0.819. The number of amides is 1. The molecule has 0 bridgehead atoms. The molecule has 0 aromatic heterocycles. The summed E-state index contributed by atoms with van der Waals surface area (Å²) in [5.74, 6) is 0.758. The van der Waals surface area contributed by atoms with Crippen molar-refractivity contribution in [1.29, 1.82) is 0 Å². The van der Waals surface area contributed by atoms with Gasteiger partial charge in [-0.15, -0.1) is 0 Å². The van der Waals surface area contributed by atoms with Gasteiger partial charge in [-0.1, -0.05) is 6.07 Å². The summed E-state index contributed by atoms with van der Waals surface area (Å²) in [7, 11) is -3.87. The molecule has 1 heterocycles. The van der Waals surface area contributed by atoms with Crippen molar-refractivity contribution in [2.45, 2.75) is 31.7 Å². The van der Waals surface area contributed by atoms with Crippen molar-refractivity contribution >= 4 is 21.6 Å². The highest BCUT2D eigenvalue weighted by atomic mass is 32.2. The third-order valence-corrected chi connectivity index (χ3v) is 5.36. The molecule has 0 aliphatic carbocycles. The van der Waals surface area contributed by atoms with Gasteiger partial charge in [0.25, 0.3) is 15.9 Å². The summed E-state index contributed by atoms with van der Waals surface area (Å²) in [6.45, 7) is 6.33. The number of ether oxygens (including phenoxy) is 2. The Kier molecular flexibility index (Phi) is 5.27. The van der Waals surface area contributed by atoms with E-state index in [-0.39, 0.29) is 16.8 Å². The van der Waals surface area contributed by atoms with Crippen LogP contribution in [0, 0.1) is 6.92 Å². The smallest absolute Gasteiger partial charge is 0.261 e. The lowest BCUT2D eigenvalue weighted by Crippen LogP contribution is -2.30. The van der Waals surface area contributed by atoms with Crippen molar-refractivity contribution in [2.75, 3.05) is 17.9 Å². The van der Waals surface area contributed by atoms with Crippen LogP contribution in [0.1, 0.15) is 29.8 Å². The number of nitrogens with one attached hydrogen (secondary N) is 2. The van der Waals surface area contributed by atoms with Crippen molar-refractivity contribution in [2.24, 2.45) is 0 Å². The van der Waals surface area contributed by atoms with E-state index in [1.807, 2.05) is 13.8 Å². The minimum atomic E-state index is -3.87. The van der Waals surface area contributed by atoms with E-state index in [0.717, 1.165) is 0 Å². The fraction of sp³-hybridized carbons (Fsp3) is 0.316. The number of carbonyl (C=O) groups excluding carboxylic acids is 1. The van der Waals surface area contributed by atoms with E-state index in [4.69, 9.17) is 9.47 Å².